The molecule has 0 radical (unpaired) electrons. The van der Waals surface area contributed by atoms with Gasteiger partial charge in [-0.25, -0.2) is 0 Å². The van der Waals surface area contributed by atoms with Crippen LogP contribution in [0.15, 0.2) is 54.6 Å². The molecule has 0 spiro atoms. The zero-order valence-electron chi connectivity index (χ0n) is 18.8. The summed E-state index contributed by atoms with van der Waals surface area (Å²) in [5.41, 5.74) is 2.13. The van der Waals surface area contributed by atoms with E-state index < -0.39 is 6.04 Å². The molecule has 0 bridgehead atoms. The third-order valence-corrected chi connectivity index (χ3v) is 6.41. The van der Waals surface area contributed by atoms with Gasteiger partial charge in [0.2, 0.25) is 5.91 Å². The Balaban J connectivity index is 1.49. The molecule has 1 unspecified atom stereocenters. The number of anilines is 1. The molecular weight excluding hydrogens is 434 g/mol. The Bertz CT molecular complexity index is 1100. The molecule has 172 valence electrons. The summed E-state index contributed by atoms with van der Waals surface area (Å²) < 4.78 is 2.19. The third kappa shape index (κ3) is 5.82. The molecule has 1 atom stereocenters. The van der Waals surface area contributed by atoms with E-state index >= 15 is 0 Å². The number of thioether (sulfide) groups is 1. The topological polar surface area (TPSA) is 88.9 Å². The number of fused-ring (bicyclic) bond motifs is 1. The Morgan fingerprint density at radius 2 is 1.91 bits per heavy atom. The van der Waals surface area contributed by atoms with Crippen molar-refractivity contribution >= 4 is 29.3 Å². The molecule has 1 aliphatic heterocycles. The van der Waals surface area contributed by atoms with E-state index in [1.54, 1.807) is 23.9 Å². The van der Waals surface area contributed by atoms with Crippen molar-refractivity contribution in [1.82, 2.24) is 20.1 Å². The average molecular weight is 464 g/mol. The Morgan fingerprint density at radius 1 is 1.06 bits per heavy atom. The van der Waals surface area contributed by atoms with Gasteiger partial charge < -0.3 is 15.2 Å². The maximum absolute atomic E-state index is 13.1. The zero-order valence-corrected chi connectivity index (χ0v) is 19.6. The van der Waals surface area contributed by atoms with Crippen molar-refractivity contribution in [2.24, 2.45) is 0 Å². The van der Waals surface area contributed by atoms with Crippen molar-refractivity contribution in [1.29, 1.82) is 0 Å². The number of hydrogen-bond acceptors (Lipinski definition) is 5. The first-order valence-corrected chi connectivity index (χ1v) is 12.7. The second kappa shape index (κ2) is 11.1. The monoisotopic (exact) mass is 463 g/mol. The largest absolute Gasteiger partial charge is 0.340 e. The quantitative estimate of drug-likeness (QED) is 0.524. The summed E-state index contributed by atoms with van der Waals surface area (Å²) in [4.78, 5) is 25.7. The van der Waals surface area contributed by atoms with Gasteiger partial charge >= 0.3 is 0 Å². The number of nitrogens with zero attached hydrogens (tertiary/aromatic N) is 3. The standard InChI is InChI=1S/C25H29N5O2S/c1-33-16-14-21(27-24(31)18-9-4-2-5-10-18)25(32)26-20-12-8-11-19(17-20)23-29-28-22-13-6-3-7-15-30(22)23/h2,4-5,8-12,17,21H,3,6-7,13-16H2,1H3,(H,26,32)(H,27,31). The lowest BCUT2D eigenvalue weighted by atomic mass is 10.1. The van der Waals surface area contributed by atoms with Crippen LogP contribution in [0.5, 0.6) is 0 Å². The molecule has 7 nitrogen and oxygen atoms in total. The van der Waals surface area contributed by atoms with Gasteiger partial charge in [0.15, 0.2) is 5.82 Å². The number of benzene rings is 2. The van der Waals surface area contributed by atoms with Crippen molar-refractivity contribution in [3.63, 3.8) is 0 Å². The van der Waals surface area contributed by atoms with Crippen LogP contribution in [-0.2, 0) is 17.8 Å². The summed E-state index contributed by atoms with van der Waals surface area (Å²) in [6, 6.07) is 16.0. The summed E-state index contributed by atoms with van der Waals surface area (Å²) in [5, 5.41) is 14.7. The minimum atomic E-state index is -0.627. The first-order valence-electron chi connectivity index (χ1n) is 11.3. The molecule has 0 saturated carbocycles. The molecule has 1 aromatic heterocycles. The molecule has 0 saturated heterocycles. The fourth-order valence-corrected chi connectivity index (χ4v) is 4.47. The van der Waals surface area contributed by atoms with Crippen LogP contribution in [0.3, 0.4) is 0 Å². The van der Waals surface area contributed by atoms with Crippen LogP contribution in [0, 0.1) is 0 Å². The SMILES string of the molecule is CSCCC(NC(=O)c1ccccc1)C(=O)Nc1cccc(-c2nnc3n2CCCCC3)c1. The number of aromatic nitrogens is 3. The van der Waals surface area contributed by atoms with Crippen molar-refractivity contribution in [3.05, 3.63) is 66.0 Å². The van der Waals surface area contributed by atoms with Gasteiger partial charge in [-0.05, 0) is 55.5 Å². The van der Waals surface area contributed by atoms with Gasteiger partial charge in [0.25, 0.3) is 5.91 Å². The van der Waals surface area contributed by atoms with Gasteiger partial charge in [-0.1, -0.05) is 36.8 Å². The van der Waals surface area contributed by atoms with E-state index in [0.29, 0.717) is 17.7 Å². The van der Waals surface area contributed by atoms with Crippen molar-refractivity contribution in [3.8, 4) is 11.4 Å². The fraction of sp³-hybridized carbons (Fsp3) is 0.360. The van der Waals surface area contributed by atoms with E-state index in [-0.39, 0.29) is 11.8 Å². The van der Waals surface area contributed by atoms with Crippen LogP contribution in [-0.4, -0.2) is 44.6 Å². The van der Waals surface area contributed by atoms with Gasteiger partial charge in [-0.3, -0.25) is 9.59 Å². The van der Waals surface area contributed by atoms with Crippen LogP contribution in [0.1, 0.15) is 41.9 Å². The molecule has 2 amide bonds. The number of amides is 2. The molecule has 1 aliphatic rings. The van der Waals surface area contributed by atoms with Gasteiger partial charge in [-0.2, -0.15) is 11.8 Å². The normalized spacial score (nSPS) is 14.1. The molecule has 0 aliphatic carbocycles. The third-order valence-electron chi connectivity index (χ3n) is 5.77. The van der Waals surface area contributed by atoms with Crippen LogP contribution in [0.4, 0.5) is 5.69 Å². The number of aryl methyl sites for hydroxylation is 1. The van der Waals surface area contributed by atoms with E-state index in [1.807, 2.05) is 48.7 Å². The van der Waals surface area contributed by atoms with Crippen LogP contribution in [0.2, 0.25) is 0 Å². The predicted octanol–water partition coefficient (Wildman–Crippen LogP) is 4.16. The highest BCUT2D eigenvalue weighted by molar-refractivity contribution is 7.98. The van der Waals surface area contributed by atoms with Crippen molar-refractivity contribution in [2.45, 2.75) is 44.7 Å². The lowest BCUT2D eigenvalue weighted by molar-refractivity contribution is -0.118. The van der Waals surface area contributed by atoms with E-state index in [4.69, 9.17) is 0 Å². The molecule has 2 N–H and O–H groups in total. The highest BCUT2D eigenvalue weighted by Gasteiger charge is 2.22. The first-order chi connectivity index (χ1) is 16.2. The number of hydrogen-bond donors (Lipinski definition) is 2. The zero-order chi connectivity index (χ0) is 23.0. The molecule has 0 fully saturated rings. The predicted molar refractivity (Wildman–Crippen MR) is 132 cm³/mol. The van der Waals surface area contributed by atoms with Crippen molar-refractivity contribution in [2.75, 3.05) is 17.3 Å². The second-order valence-corrected chi connectivity index (χ2v) is 9.13. The summed E-state index contributed by atoms with van der Waals surface area (Å²) in [7, 11) is 0. The number of nitrogens with one attached hydrogen (secondary N) is 2. The second-order valence-electron chi connectivity index (χ2n) is 8.15. The molecular formula is C25H29N5O2S. The summed E-state index contributed by atoms with van der Waals surface area (Å²) in [5.74, 6) is 2.14. The Morgan fingerprint density at radius 3 is 2.73 bits per heavy atom. The van der Waals surface area contributed by atoms with Crippen LogP contribution in [0.25, 0.3) is 11.4 Å². The fourth-order valence-electron chi connectivity index (χ4n) is 4.00. The van der Waals surface area contributed by atoms with Crippen LogP contribution >= 0.6 is 11.8 Å². The molecule has 33 heavy (non-hydrogen) atoms. The molecule has 4 rings (SSSR count). The highest BCUT2D eigenvalue weighted by atomic mass is 32.2. The van der Waals surface area contributed by atoms with E-state index in [9.17, 15) is 9.59 Å². The van der Waals surface area contributed by atoms with Gasteiger partial charge in [-0.15, -0.1) is 10.2 Å². The van der Waals surface area contributed by atoms with Gasteiger partial charge in [0, 0.05) is 29.8 Å². The molecule has 2 heterocycles. The minimum Gasteiger partial charge on any atom is -0.340 e. The summed E-state index contributed by atoms with van der Waals surface area (Å²) in [6.07, 6.45) is 6.93. The minimum absolute atomic E-state index is 0.231. The van der Waals surface area contributed by atoms with Gasteiger partial charge in [0.1, 0.15) is 11.9 Å². The van der Waals surface area contributed by atoms with E-state index in [0.717, 1.165) is 48.8 Å². The Hall–Kier alpha value is -3.13. The number of carbonyl (C=O) groups excluding carboxylic acids is 2. The maximum atomic E-state index is 13.1. The van der Waals surface area contributed by atoms with Crippen molar-refractivity contribution < 1.29 is 9.59 Å². The van der Waals surface area contributed by atoms with Crippen LogP contribution < -0.4 is 10.6 Å². The highest BCUT2D eigenvalue weighted by Crippen LogP contribution is 2.25. The smallest absolute Gasteiger partial charge is 0.251 e. The Labute approximate surface area is 198 Å². The van der Waals surface area contributed by atoms with E-state index in [1.165, 1.54) is 6.42 Å². The summed E-state index contributed by atoms with van der Waals surface area (Å²) in [6.45, 7) is 0.913. The average Bonchev–Trinajstić information content (AvgIpc) is 3.10. The molecule has 3 aromatic rings. The first kappa shape index (κ1) is 23.0. The number of rotatable bonds is 8. The molecule has 8 heteroatoms. The molecule has 2 aromatic carbocycles. The lowest BCUT2D eigenvalue weighted by Gasteiger charge is -2.18. The number of carbonyl (C=O) groups is 2. The summed E-state index contributed by atoms with van der Waals surface area (Å²) >= 11 is 1.64. The van der Waals surface area contributed by atoms with E-state index in [2.05, 4.69) is 25.4 Å². The lowest BCUT2D eigenvalue weighted by Crippen LogP contribution is -2.44. The van der Waals surface area contributed by atoms with Gasteiger partial charge in [0.05, 0.1) is 0 Å². The maximum Gasteiger partial charge on any atom is 0.251 e. The Kier molecular flexibility index (Phi) is 7.78.